The fourth-order valence-corrected chi connectivity index (χ4v) is 2.51. The van der Waals surface area contributed by atoms with Crippen molar-refractivity contribution in [1.82, 2.24) is 0 Å². The highest BCUT2D eigenvalue weighted by Crippen LogP contribution is 2.44. The molecule has 1 saturated heterocycles. The molecule has 1 aromatic rings. The van der Waals surface area contributed by atoms with Gasteiger partial charge in [0.25, 0.3) is 11.4 Å². The first-order valence-corrected chi connectivity index (χ1v) is 6.44. The molecule has 1 aliphatic heterocycles. The maximum absolute atomic E-state index is 12.8. The Balaban J connectivity index is 2.69. The van der Waals surface area contributed by atoms with Crippen LogP contribution in [0.3, 0.4) is 0 Å². The summed E-state index contributed by atoms with van der Waals surface area (Å²) in [6.07, 6.45) is -4.77. The number of benzene rings is 1. The molecule has 1 N–H and O–H groups in total. The molecule has 1 heterocycles. The van der Waals surface area contributed by atoms with Crippen LogP contribution in [0.4, 0.5) is 30.2 Å². The van der Waals surface area contributed by atoms with E-state index in [4.69, 9.17) is 0 Å². The van der Waals surface area contributed by atoms with E-state index in [1.165, 1.54) is 6.92 Å². The fraction of sp³-hybridized carbons (Fsp3) is 0.500. The first-order valence-electron chi connectivity index (χ1n) is 6.44. The van der Waals surface area contributed by atoms with E-state index < -0.39 is 44.2 Å². The summed E-state index contributed by atoms with van der Waals surface area (Å²) >= 11 is 0. The van der Waals surface area contributed by atoms with Crippen LogP contribution in [0, 0.1) is 20.2 Å². The van der Waals surface area contributed by atoms with Gasteiger partial charge < -0.3 is 10.0 Å². The van der Waals surface area contributed by atoms with Crippen LogP contribution in [0.15, 0.2) is 12.1 Å². The lowest BCUT2D eigenvalue weighted by Crippen LogP contribution is -2.30. The molecule has 1 aliphatic rings. The summed E-state index contributed by atoms with van der Waals surface area (Å²) in [7, 11) is 0. The van der Waals surface area contributed by atoms with Gasteiger partial charge in [0, 0.05) is 25.2 Å². The van der Waals surface area contributed by atoms with Crippen LogP contribution in [0.1, 0.15) is 18.9 Å². The van der Waals surface area contributed by atoms with Gasteiger partial charge in [-0.05, 0) is 13.3 Å². The van der Waals surface area contributed by atoms with Crippen LogP contribution in [-0.4, -0.2) is 33.6 Å². The molecule has 2 rings (SSSR count). The average Bonchev–Trinajstić information content (AvgIpc) is 2.76. The molecule has 0 bridgehead atoms. The largest absolute Gasteiger partial charge is 0.416 e. The predicted molar refractivity (Wildman–Crippen MR) is 72.2 cm³/mol. The third-order valence-corrected chi connectivity index (χ3v) is 3.56. The molecular weight excluding hydrogens is 323 g/mol. The lowest BCUT2D eigenvalue weighted by Gasteiger charge is -2.21. The highest BCUT2D eigenvalue weighted by atomic mass is 19.4. The molecule has 0 radical (unpaired) electrons. The van der Waals surface area contributed by atoms with Crippen molar-refractivity contribution >= 4 is 17.1 Å². The van der Waals surface area contributed by atoms with Crippen LogP contribution in [-0.2, 0) is 6.18 Å². The van der Waals surface area contributed by atoms with Crippen LogP contribution in [0.25, 0.3) is 0 Å². The number of nitro groups is 2. The zero-order chi connectivity index (χ0) is 17.6. The van der Waals surface area contributed by atoms with E-state index in [1.54, 1.807) is 0 Å². The van der Waals surface area contributed by atoms with Crippen molar-refractivity contribution in [3.63, 3.8) is 0 Å². The lowest BCUT2D eigenvalue weighted by molar-refractivity contribution is -0.393. The van der Waals surface area contributed by atoms with Crippen LogP contribution in [0.5, 0.6) is 0 Å². The second kappa shape index (κ2) is 5.33. The number of hydrogen-bond donors (Lipinski definition) is 1. The van der Waals surface area contributed by atoms with Crippen LogP contribution >= 0.6 is 0 Å². The summed E-state index contributed by atoms with van der Waals surface area (Å²) in [5.41, 5.74) is -5.24. The summed E-state index contributed by atoms with van der Waals surface area (Å²) in [6, 6.07) is 0.546. The molecule has 0 amide bonds. The molecule has 0 aliphatic carbocycles. The summed E-state index contributed by atoms with van der Waals surface area (Å²) in [6.45, 7) is 1.34. The maximum atomic E-state index is 12.8. The SMILES string of the molecule is CC1(O)CCN(c2c([N+](=O)[O-])cc(C(F)(F)F)cc2[N+](=O)[O-])C1. The number of nitrogens with zero attached hydrogens (tertiary/aromatic N) is 3. The van der Waals surface area contributed by atoms with E-state index in [9.17, 15) is 38.5 Å². The Morgan fingerprint density at radius 1 is 1.22 bits per heavy atom. The lowest BCUT2D eigenvalue weighted by atomic mass is 10.1. The van der Waals surface area contributed by atoms with Crippen LogP contribution < -0.4 is 4.90 Å². The summed E-state index contributed by atoms with van der Waals surface area (Å²) in [5, 5.41) is 32.1. The van der Waals surface area contributed by atoms with Gasteiger partial charge in [-0.3, -0.25) is 20.2 Å². The van der Waals surface area contributed by atoms with Crippen molar-refractivity contribution in [3.8, 4) is 0 Å². The van der Waals surface area contributed by atoms with Crippen molar-refractivity contribution in [1.29, 1.82) is 0 Å². The number of halogens is 3. The minimum atomic E-state index is -4.95. The second-order valence-corrected chi connectivity index (χ2v) is 5.54. The molecule has 0 aromatic heterocycles. The Bertz CT molecular complexity index is 639. The Morgan fingerprint density at radius 3 is 2.00 bits per heavy atom. The Kier molecular flexibility index (Phi) is 3.93. The molecule has 11 heteroatoms. The molecule has 1 atom stereocenters. The number of hydrogen-bond acceptors (Lipinski definition) is 6. The predicted octanol–water partition coefficient (Wildman–Crippen LogP) is 2.48. The molecule has 1 aromatic carbocycles. The third-order valence-electron chi connectivity index (χ3n) is 3.56. The van der Waals surface area contributed by atoms with Crippen molar-refractivity contribution < 1.29 is 28.1 Å². The molecule has 1 fully saturated rings. The average molecular weight is 335 g/mol. The monoisotopic (exact) mass is 335 g/mol. The first-order chi connectivity index (χ1) is 10.4. The summed E-state index contributed by atoms with van der Waals surface area (Å²) in [4.78, 5) is 21.2. The smallest absolute Gasteiger partial charge is 0.388 e. The molecule has 8 nitrogen and oxygen atoms in total. The quantitative estimate of drug-likeness (QED) is 0.671. The van der Waals surface area contributed by atoms with Crippen molar-refractivity contribution in [3.05, 3.63) is 37.9 Å². The Hall–Kier alpha value is -2.43. The van der Waals surface area contributed by atoms with Gasteiger partial charge in [0.15, 0.2) is 5.69 Å². The first kappa shape index (κ1) is 16.9. The molecule has 23 heavy (non-hydrogen) atoms. The third kappa shape index (κ3) is 3.33. The van der Waals surface area contributed by atoms with Crippen molar-refractivity contribution in [2.75, 3.05) is 18.0 Å². The van der Waals surface area contributed by atoms with Crippen molar-refractivity contribution in [2.24, 2.45) is 0 Å². The Labute approximate surface area is 127 Å². The number of alkyl halides is 3. The number of nitro benzene ring substituents is 2. The minimum absolute atomic E-state index is 0.0556. The van der Waals surface area contributed by atoms with Gasteiger partial charge in [-0.15, -0.1) is 0 Å². The van der Waals surface area contributed by atoms with E-state index in [-0.39, 0.29) is 31.6 Å². The van der Waals surface area contributed by atoms with E-state index in [1.807, 2.05) is 0 Å². The van der Waals surface area contributed by atoms with Gasteiger partial charge in [0.05, 0.1) is 21.0 Å². The molecular formula is C12H12F3N3O5. The van der Waals surface area contributed by atoms with Gasteiger partial charge in [-0.2, -0.15) is 13.2 Å². The van der Waals surface area contributed by atoms with Gasteiger partial charge in [0.2, 0.25) is 0 Å². The van der Waals surface area contributed by atoms with Gasteiger partial charge in [-0.25, -0.2) is 0 Å². The molecule has 0 spiro atoms. The number of rotatable bonds is 3. The highest BCUT2D eigenvalue weighted by Gasteiger charge is 2.42. The van der Waals surface area contributed by atoms with Crippen molar-refractivity contribution in [2.45, 2.75) is 25.1 Å². The van der Waals surface area contributed by atoms with Gasteiger partial charge in [-0.1, -0.05) is 0 Å². The van der Waals surface area contributed by atoms with E-state index in [0.717, 1.165) is 4.90 Å². The minimum Gasteiger partial charge on any atom is -0.388 e. The second-order valence-electron chi connectivity index (χ2n) is 5.54. The van der Waals surface area contributed by atoms with Crippen LogP contribution in [0.2, 0.25) is 0 Å². The standard InChI is InChI=1S/C12H12F3N3O5/c1-11(19)2-3-16(6-11)10-8(17(20)21)4-7(12(13,14)15)5-9(10)18(22)23/h4-5,19H,2-3,6H2,1H3. The molecule has 1 unspecified atom stereocenters. The zero-order valence-electron chi connectivity index (χ0n) is 11.8. The summed E-state index contributed by atoms with van der Waals surface area (Å²) < 4.78 is 38.4. The number of β-amino-alcohol motifs (C(OH)–C–C–N with tert-alkyl or cyclic N) is 1. The normalized spacial score (nSPS) is 21.5. The van der Waals surface area contributed by atoms with Gasteiger partial charge >= 0.3 is 6.18 Å². The van der Waals surface area contributed by atoms with Gasteiger partial charge in [0.1, 0.15) is 0 Å². The summed E-state index contributed by atoms with van der Waals surface area (Å²) in [5.74, 6) is 0. The number of anilines is 1. The van der Waals surface area contributed by atoms with E-state index >= 15 is 0 Å². The Morgan fingerprint density at radius 2 is 1.70 bits per heavy atom. The molecule has 126 valence electrons. The fourth-order valence-electron chi connectivity index (χ4n) is 2.51. The zero-order valence-corrected chi connectivity index (χ0v) is 11.8. The maximum Gasteiger partial charge on any atom is 0.416 e. The van der Waals surface area contributed by atoms with E-state index in [2.05, 4.69) is 0 Å². The number of aliphatic hydroxyl groups is 1. The topological polar surface area (TPSA) is 110 Å². The molecule has 0 saturated carbocycles. The highest BCUT2D eigenvalue weighted by molar-refractivity contribution is 5.77. The van der Waals surface area contributed by atoms with E-state index in [0.29, 0.717) is 0 Å².